The smallest absolute Gasteiger partial charge is 0.266 e. The van der Waals surface area contributed by atoms with E-state index in [1.54, 1.807) is 22.7 Å². The van der Waals surface area contributed by atoms with Gasteiger partial charge in [0.15, 0.2) is 0 Å². The summed E-state index contributed by atoms with van der Waals surface area (Å²) in [5, 5.41) is 20.8. The summed E-state index contributed by atoms with van der Waals surface area (Å²) in [5.41, 5.74) is 1.72. The number of aromatic nitrogens is 2. The van der Waals surface area contributed by atoms with E-state index in [1.807, 2.05) is 12.1 Å². The van der Waals surface area contributed by atoms with Gasteiger partial charge in [-0.05, 0) is 42.5 Å². The molecule has 1 N–H and O–H groups in total. The third kappa shape index (κ3) is 3.36. The monoisotopic (exact) mass is 331 g/mol. The van der Waals surface area contributed by atoms with Crippen LogP contribution in [0.4, 0.5) is 10.1 Å². The Labute approximate surface area is 142 Å². The summed E-state index contributed by atoms with van der Waals surface area (Å²) in [6, 6.07) is 12.4. The zero-order valence-corrected chi connectivity index (χ0v) is 12.8. The molecule has 25 heavy (non-hydrogen) atoms. The van der Waals surface area contributed by atoms with E-state index in [4.69, 9.17) is 5.26 Å². The summed E-state index contributed by atoms with van der Waals surface area (Å²) < 4.78 is 14.5. The highest BCUT2D eigenvalue weighted by atomic mass is 19.1. The maximum atomic E-state index is 12.9. The fourth-order valence-electron chi connectivity index (χ4n) is 2.20. The average molecular weight is 331 g/mol. The maximum Gasteiger partial charge on any atom is 0.266 e. The molecule has 2 heterocycles. The summed E-state index contributed by atoms with van der Waals surface area (Å²) >= 11 is 0. The molecule has 0 unspecified atom stereocenters. The Morgan fingerprint density at radius 3 is 2.64 bits per heavy atom. The number of nitrogens with one attached hydrogen (secondary N) is 1. The van der Waals surface area contributed by atoms with Gasteiger partial charge in [-0.1, -0.05) is 0 Å². The fourth-order valence-corrected chi connectivity index (χ4v) is 2.20. The molecule has 0 saturated heterocycles. The van der Waals surface area contributed by atoms with Crippen LogP contribution in [0.5, 0.6) is 0 Å². The van der Waals surface area contributed by atoms with Crippen molar-refractivity contribution in [1.82, 2.24) is 9.38 Å². The average Bonchev–Trinajstić information content (AvgIpc) is 3.03. The molecule has 0 aliphatic heterocycles. The van der Waals surface area contributed by atoms with Crippen molar-refractivity contribution in [3.05, 3.63) is 71.4 Å². The highest BCUT2D eigenvalue weighted by molar-refractivity contribution is 6.09. The standard InChI is InChI=1S/C18H10FN5O/c19-14-2-4-15(5-3-14)23-18(25)13(9-21)7-16-10-22-17-6-1-12(8-20)11-24(16)17/h1-7,10-11H,(H,23,25). The van der Waals surface area contributed by atoms with Crippen molar-refractivity contribution < 1.29 is 9.18 Å². The molecule has 2 aromatic heterocycles. The van der Waals surface area contributed by atoms with E-state index < -0.39 is 11.7 Å². The Balaban J connectivity index is 1.92. The minimum absolute atomic E-state index is 0.145. The first-order valence-electron chi connectivity index (χ1n) is 7.16. The zero-order chi connectivity index (χ0) is 17.8. The first kappa shape index (κ1) is 15.9. The van der Waals surface area contributed by atoms with Crippen molar-refractivity contribution in [3.8, 4) is 12.1 Å². The predicted molar refractivity (Wildman–Crippen MR) is 88.5 cm³/mol. The van der Waals surface area contributed by atoms with Crippen LogP contribution >= 0.6 is 0 Å². The molecule has 0 fully saturated rings. The van der Waals surface area contributed by atoms with E-state index in [2.05, 4.69) is 10.3 Å². The van der Waals surface area contributed by atoms with Crippen LogP contribution in [-0.4, -0.2) is 15.3 Å². The van der Waals surface area contributed by atoms with Crippen LogP contribution in [-0.2, 0) is 4.79 Å². The lowest BCUT2D eigenvalue weighted by Gasteiger charge is -2.04. The highest BCUT2D eigenvalue weighted by Crippen LogP contribution is 2.14. The van der Waals surface area contributed by atoms with Crippen molar-refractivity contribution >= 4 is 23.3 Å². The molecule has 0 saturated carbocycles. The highest BCUT2D eigenvalue weighted by Gasteiger charge is 2.11. The van der Waals surface area contributed by atoms with Crippen molar-refractivity contribution in [1.29, 1.82) is 10.5 Å². The van der Waals surface area contributed by atoms with Crippen LogP contribution in [0.1, 0.15) is 11.3 Å². The number of halogens is 1. The van der Waals surface area contributed by atoms with Gasteiger partial charge in [0.1, 0.15) is 29.2 Å². The van der Waals surface area contributed by atoms with Crippen molar-refractivity contribution in [2.45, 2.75) is 0 Å². The molecule has 0 aliphatic carbocycles. The van der Waals surface area contributed by atoms with Crippen LogP contribution in [0.15, 0.2) is 54.4 Å². The number of nitrogens with zero attached hydrogens (tertiary/aromatic N) is 4. The number of amides is 1. The van der Waals surface area contributed by atoms with Gasteiger partial charge < -0.3 is 5.32 Å². The van der Waals surface area contributed by atoms with Crippen molar-refractivity contribution in [2.75, 3.05) is 5.32 Å². The SMILES string of the molecule is N#CC(=Cc1cnc2ccc(C#N)cn12)C(=O)Nc1ccc(F)cc1. The van der Waals surface area contributed by atoms with Gasteiger partial charge in [0.05, 0.1) is 17.5 Å². The summed E-state index contributed by atoms with van der Waals surface area (Å²) in [7, 11) is 0. The largest absolute Gasteiger partial charge is 0.321 e. The van der Waals surface area contributed by atoms with E-state index in [-0.39, 0.29) is 5.57 Å². The van der Waals surface area contributed by atoms with Gasteiger partial charge >= 0.3 is 0 Å². The molecule has 0 aliphatic rings. The quantitative estimate of drug-likeness (QED) is 0.590. The van der Waals surface area contributed by atoms with Crippen LogP contribution in [0.2, 0.25) is 0 Å². The van der Waals surface area contributed by atoms with Gasteiger partial charge in [0, 0.05) is 11.9 Å². The Kier molecular flexibility index (Phi) is 4.23. The number of carbonyl (C=O) groups excluding carboxylic acids is 1. The fraction of sp³-hybridized carbons (Fsp3) is 0. The molecule has 0 spiro atoms. The van der Waals surface area contributed by atoms with Crippen molar-refractivity contribution in [2.24, 2.45) is 0 Å². The molecule has 0 bridgehead atoms. The van der Waals surface area contributed by atoms with Crippen LogP contribution in [0, 0.1) is 28.5 Å². The Hall–Kier alpha value is -3.97. The molecule has 6 nitrogen and oxygen atoms in total. The second kappa shape index (κ2) is 6.65. The molecule has 0 atom stereocenters. The third-order valence-corrected chi connectivity index (χ3v) is 3.42. The predicted octanol–water partition coefficient (Wildman–Crippen LogP) is 2.89. The summed E-state index contributed by atoms with van der Waals surface area (Å²) in [5.74, 6) is -1.05. The van der Waals surface area contributed by atoms with Crippen LogP contribution in [0.3, 0.4) is 0 Å². The summed E-state index contributed by atoms with van der Waals surface area (Å²) in [4.78, 5) is 16.4. The van der Waals surface area contributed by atoms with E-state index in [0.717, 1.165) is 0 Å². The molecule has 1 aromatic carbocycles. The van der Waals surface area contributed by atoms with Crippen molar-refractivity contribution in [3.63, 3.8) is 0 Å². The van der Waals surface area contributed by atoms with Gasteiger partial charge in [-0.25, -0.2) is 9.37 Å². The molecular formula is C18H10FN5O. The lowest BCUT2D eigenvalue weighted by atomic mass is 10.2. The Morgan fingerprint density at radius 2 is 1.96 bits per heavy atom. The Bertz CT molecular complexity index is 1070. The van der Waals surface area contributed by atoms with Gasteiger partial charge in [0.25, 0.3) is 5.91 Å². The molecule has 1 amide bonds. The number of benzene rings is 1. The van der Waals surface area contributed by atoms with Gasteiger partial charge in [-0.3, -0.25) is 9.20 Å². The maximum absolute atomic E-state index is 12.9. The molecule has 3 rings (SSSR count). The minimum atomic E-state index is -0.625. The first-order valence-corrected chi connectivity index (χ1v) is 7.16. The zero-order valence-electron chi connectivity index (χ0n) is 12.8. The number of hydrogen-bond donors (Lipinski definition) is 1. The normalized spacial score (nSPS) is 10.9. The molecular weight excluding hydrogens is 321 g/mol. The van der Waals surface area contributed by atoms with E-state index >= 15 is 0 Å². The number of imidazole rings is 1. The number of hydrogen-bond acceptors (Lipinski definition) is 4. The number of rotatable bonds is 3. The minimum Gasteiger partial charge on any atom is -0.321 e. The Morgan fingerprint density at radius 1 is 1.20 bits per heavy atom. The topological polar surface area (TPSA) is 94.0 Å². The summed E-state index contributed by atoms with van der Waals surface area (Å²) in [6.07, 6.45) is 4.44. The van der Waals surface area contributed by atoms with Gasteiger partial charge in [-0.2, -0.15) is 10.5 Å². The van der Waals surface area contributed by atoms with E-state index in [0.29, 0.717) is 22.6 Å². The second-order valence-electron chi connectivity index (χ2n) is 5.07. The molecule has 0 radical (unpaired) electrons. The van der Waals surface area contributed by atoms with Gasteiger partial charge in [-0.15, -0.1) is 0 Å². The number of carbonyl (C=O) groups is 1. The lowest BCUT2D eigenvalue weighted by Crippen LogP contribution is -2.13. The number of fused-ring (bicyclic) bond motifs is 1. The van der Waals surface area contributed by atoms with E-state index in [1.165, 1.54) is 36.5 Å². The lowest BCUT2D eigenvalue weighted by molar-refractivity contribution is -0.112. The first-order chi connectivity index (χ1) is 12.1. The second-order valence-corrected chi connectivity index (χ2v) is 5.07. The molecule has 7 heteroatoms. The number of nitriles is 2. The molecule has 120 valence electrons. The van der Waals surface area contributed by atoms with E-state index in [9.17, 15) is 14.4 Å². The van der Waals surface area contributed by atoms with Crippen LogP contribution in [0.25, 0.3) is 11.7 Å². The third-order valence-electron chi connectivity index (χ3n) is 3.42. The number of pyridine rings is 1. The molecule has 3 aromatic rings. The van der Waals surface area contributed by atoms with Crippen LogP contribution < -0.4 is 5.32 Å². The number of anilines is 1. The van der Waals surface area contributed by atoms with Gasteiger partial charge in [0.2, 0.25) is 0 Å². The summed E-state index contributed by atoms with van der Waals surface area (Å²) in [6.45, 7) is 0.